The zero-order chi connectivity index (χ0) is 43.4. The molecule has 9 aromatic rings. The molecule has 2 aliphatic rings. The van der Waals surface area contributed by atoms with Crippen LogP contribution in [0.5, 0.6) is 0 Å². The summed E-state index contributed by atoms with van der Waals surface area (Å²) in [7, 11) is 0. The predicted molar refractivity (Wildman–Crippen MR) is 269 cm³/mol. The van der Waals surface area contributed by atoms with Gasteiger partial charge in [0.05, 0.1) is 22.4 Å². The van der Waals surface area contributed by atoms with Gasteiger partial charge < -0.3 is 14.0 Å². The summed E-state index contributed by atoms with van der Waals surface area (Å²) in [4.78, 5) is 2.49. The number of hydrogen-bond donors (Lipinski definition) is 0. The molecule has 62 heavy (non-hydrogen) atoms. The number of rotatable bonds is 3. The molecule has 0 radical (unpaired) electrons. The van der Waals surface area contributed by atoms with E-state index in [4.69, 9.17) is 0 Å². The van der Waals surface area contributed by atoms with E-state index in [9.17, 15) is 0 Å². The van der Waals surface area contributed by atoms with E-state index in [-0.39, 0.29) is 28.4 Å². The van der Waals surface area contributed by atoms with Crippen molar-refractivity contribution < 1.29 is 0 Å². The fourth-order valence-electron chi connectivity index (χ4n) is 10.6. The minimum atomic E-state index is -0.0569. The van der Waals surface area contributed by atoms with Gasteiger partial charge in [0.2, 0.25) is 0 Å². The van der Waals surface area contributed by atoms with Gasteiger partial charge in [0, 0.05) is 49.6 Å². The van der Waals surface area contributed by atoms with Crippen LogP contribution in [0.2, 0.25) is 0 Å². The maximum atomic E-state index is 2.67. The molecule has 4 heteroatoms. The van der Waals surface area contributed by atoms with E-state index >= 15 is 0 Å². The minimum Gasteiger partial charge on any atom is -0.310 e. The van der Waals surface area contributed by atoms with Gasteiger partial charge in [-0.2, -0.15) is 0 Å². The normalized spacial score (nSPS) is 13.8. The Morgan fingerprint density at radius 2 is 0.823 bits per heavy atom. The van der Waals surface area contributed by atoms with E-state index in [1.165, 1.54) is 99.3 Å². The smallest absolute Gasteiger partial charge is 0.252 e. The highest BCUT2D eigenvalue weighted by Gasteiger charge is 2.44. The minimum absolute atomic E-state index is 0.000689. The zero-order valence-electron chi connectivity index (χ0n) is 38.6. The first kappa shape index (κ1) is 38.9. The summed E-state index contributed by atoms with van der Waals surface area (Å²) in [6, 6.07) is 51.6. The van der Waals surface area contributed by atoms with Crippen LogP contribution in [0.1, 0.15) is 105 Å². The van der Waals surface area contributed by atoms with Crippen LogP contribution in [0.3, 0.4) is 0 Å². The second-order valence-corrected chi connectivity index (χ2v) is 22.4. The molecule has 0 atom stereocenters. The molecular formula is C58H58BN3. The topological polar surface area (TPSA) is 13.1 Å². The SMILES string of the molecule is CC(C)(C)c1ccc2c(c1)c1cc(C(C)(C)C)cc3c1n2-c1ccc(N(c2ccccc2)c2ccccc2)c2c1B3c1cc(C(C)(C)C)cc3c4cc(C(C)(C)C)ccc4n-2c13. The third-order valence-electron chi connectivity index (χ3n) is 14.1. The van der Waals surface area contributed by atoms with Crippen LogP contribution in [-0.2, 0) is 21.7 Å². The molecule has 2 aromatic heterocycles. The van der Waals surface area contributed by atoms with Gasteiger partial charge in [-0.15, -0.1) is 0 Å². The van der Waals surface area contributed by atoms with Gasteiger partial charge >= 0.3 is 0 Å². The van der Waals surface area contributed by atoms with Crippen LogP contribution >= 0.6 is 0 Å². The molecule has 0 spiro atoms. The summed E-state index contributed by atoms with van der Waals surface area (Å²) in [5.74, 6) is 0. The summed E-state index contributed by atoms with van der Waals surface area (Å²) >= 11 is 0. The Balaban J connectivity index is 1.39. The quantitative estimate of drug-likeness (QED) is 0.162. The highest BCUT2D eigenvalue weighted by Crippen LogP contribution is 2.47. The van der Waals surface area contributed by atoms with Gasteiger partial charge in [-0.1, -0.05) is 144 Å². The standard InChI is InChI=1S/C58H58BN3/c1-55(2,3)35-23-25-47-41(29-35)43-31-37(57(7,8)9)33-45-52(43)61(47)49-27-28-50(60(39-19-15-13-16-20-39)40-21-17-14-18-22-40)54-51(49)59(45)46-34-38(58(10,11)12)32-44-42-30-36(56(4,5)6)24-26-48(42)62(54)53(44)46/h13-34H,1-12H3. The summed E-state index contributed by atoms with van der Waals surface area (Å²) in [5, 5.41) is 5.34. The molecule has 0 saturated heterocycles. The van der Waals surface area contributed by atoms with Gasteiger partial charge in [0.1, 0.15) is 0 Å². The predicted octanol–water partition coefficient (Wildman–Crippen LogP) is 13.7. The molecule has 11 rings (SSSR count). The average Bonchev–Trinajstić information content (AvgIpc) is 3.73. The monoisotopic (exact) mass is 807 g/mol. The Bertz CT molecular complexity index is 3280. The van der Waals surface area contributed by atoms with Crippen molar-refractivity contribution in [3.8, 4) is 11.4 Å². The molecule has 4 heterocycles. The second kappa shape index (κ2) is 12.8. The van der Waals surface area contributed by atoms with Gasteiger partial charge in [0.15, 0.2) is 0 Å². The maximum absolute atomic E-state index is 2.67. The molecule has 308 valence electrons. The summed E-state index contributed by atoms with van der Waals surface area (Å²) in [6.45, 7) is 28.3. The third kappa shape index (κ3) is 5.57. The molecule has 0 unspecified atom stereocenters. The van der Waals surface area contributed by atoms with E-state index in [1.807, 2.05) is 0 Å². The lowest BCUT2D eigenvalue weighted by Gasteiger charge is -2.38. The van der Waals surface area contributed by atoms with Crippen LogP contribution < -0.4 is 21.3 Å². The van der Waals surface area contributed by atoms with Crippen molar-refractivity contribution in [1.82, 2.24) is 9.13 Å². The van der Waals surface area contributed by atoms with Crippen LogP contribution in [0.4, 0.5) is 17.1 Å². The fraction of sp³-hybridized carbons (Fsp3) is 0.276. The zero-order valence-corrected chi connectivity index (χ0v) is 38.6. The fourth-order valence-corrected chi connectivity index (χ4v) is 10.6. The van der Waals surface area contributed by atoms with E-state index in [0.29, 0.717) is 0 Å². The Labute approximate surface area is 368 Å². The average molecular weight is 808 g/mol. The lowest BCUT2D eigenvalue weighted by molar-refractivity contribution is 0.590. The van der Waals surface area contributed by atoms with Gasteiger partial charge in [-0.3, -0.25) is 0 Å². The van der Waals surface area contributed by atoms with Crippen molar-refractivity contribution in [3.63, 3.8) is 0 Å². The number of benzene rings is 7. The Kier molecular flexibility index (Phi) is 8.02. The Morgan fingerprint density at radius 3 is 1.27 bits per heavy atom. The number of anilines is 3. The molecular weight excluding hydrogens is 749 g/mol. The molecule has 7 aromatic carbocycles. The van der Waals surface area contributed by atoms with Crippen LogP contribution in [0, 0.1) is 0 Å². The molecule has 2 aliphatic heterocycles. The van der Waals surface area contributed by atoms with Crippen LogP contribution in [0.25, 0.3) is 55.0 Å². The van der Waals surface area contributed by atoms with Crippen molar-refractivity contribution in [1.29, 1.82) is 0 Å². The van der Waals surface area contributed by atoms with Gasteiger partial charge in [0.25, 0.3) is 6.71 Å². The molecule has 0 aliphatic carbocycles. The lowest BCUT2D eigenvalue weighted by Crippen LogP contribution is -2.60. The van der Waals surface area contributed by atoms with E-state index < -0.39 is 0 Å². The van der Waals surface area contributed by atoms with E-state index in [2.05, 4.69) is 231 Å². The van der Waals surface area contributed by atoms with Crippen molar-refractivity contribution in [3.05, 3.63) is 156 Å². The lowest BCUT2D eigenvalue weighted by atomic mass is 9.33. The first-order chi connectivity index (χ1) is 29.3. The Morgan fingerprint density at radius 1 is 0.403 bits per heavy atom. The molecule has 0 fully saturated rings. The van der Waals surface area contributed by atoms with Gasteiger partial charge in [-0.05, 0) is 133 Å². The molecule has 0 bridgehead atoms. The molecule has 0 amide bonds. The largest absolute Gasteiger partial charge is 0.310 e. The third-order valence-corrected chi connectivity index (χ3v) is 14.1. The number of nitrogens with zero attached hydrogens (tertiary/aromatic N) is 3. The van der Waals surface area contributed by atoms with Crippen LogP contribution in [-0.4, -0.2) is 15.8 Å². The van der Waals surface area contributed by atoms with Crippen LogP contribution in [0.15, 0.2) is 133 Å². The highest BCUT2D eigenvalue weighted by atomic mass is 15.2. The highest BCUT2D eigenvalue weighted by molar-refractivity contribution is 7.00. The maximum Gasteiger partial charge on any atom is 0.252 e. The first-order valence-electron chi connectivity index (χ1n) is 22.6. The molecule has 0 saturated carbocycles. The van der Waals surface area contributed by atoms with Crippen molar-refractivity contribution in [2.75, 3.05) is 4.90 Å². The Hall–Kier alpha value is -6.00. The van der Waals surface area contributed by atoms with E-state index in [1.54, 1.807) is 0 Å². The van der Waals surface area contributed by atoms with Crippen molar-refractivity contribution >= 4 is 83.8 Å². The number of para-hydroxylation sites is 2. The number of fused-ring (bicyclic) bond motifs is 10. The molecule has 0 N–H and O–H groups in total. The number of aromatic nitrogens is 2. The summed E-state index contributed by atoms with van der Waals surface area (Å²) in [5.41, 5.74) is 20.7. The summed E-state index contributed by atoms with van der Waals surface area (Å²) < 4.78 is 5.30. The van der Waals surface area contributed by atoms with Gasteiger partial charge in [-0.25, -0.2) is 0 Å². The number of hydrogen-bond acceptors (Lipinski definition) is 1. The second-order valence-electron chi connectivity index (χ2n) is 22.4. The van der Waals surface area contributed by atoms with Crippen molar-refractivity contribution in [2.24, 2.45) is 0 Å². The van der Waals surface area contributed by atoms with Crippen molar-refractivity contribution in [2.45, 2.75) is 105 Å². The summed E-state index contributed by atoms with van der Waals surface area (Å²) in [6.07, 6.45) is 0. The first-order valence-corrected chi connectivity index (χ1v) is 22.6. The molecule has 3 nitrogen and oxygen atoms in total. The van der Waals surface area contributed by atoms with E-state index in [0.717, 1.165) is 11.4 Å².